The molecule has 0 spiro atoms. The second-order valence-corrected chi connectivity index (χ2v) is 3.39. The van der Waals surface area contributed by atoms with Crippen LogP contribution in [0.15, 0.2) is 0 Å². The van der Waals surface area contributed by atoms with Crippen LogP contribution in [0.3, 0.4) is 0 Å². The topological polar surface area (TPSA) is 49.8 Å². The molecule has 76 valence electrons. The fourth-order valence-corrected chi connectivity index (χ4v) is 1.62. The van der Waals surface area contributed by atoms with E-state index in [1.165, 1.54) is 0 Å². The second kappa shape index (κ2) is 5.19. The van der Waals surface area contributed by atoms with Gasteiger partial charge >= 0.3 is 5.97 Å². The van der Waals surface area contributed by atoms with E-state index < -0.39 is 5.97 Å². The predicted molar refractivity (Wildman–Crippen MR) is 48.7 cm³/mol. The van der Waals surface area contributed by atoms with E-state index in [-0.39, 0.29) is 12.5 Å². The van der Waals surface area contributed by atoms with Crippen LogP contribution in [0.4, 0.5) is 0 Å². The summed E-state index contributed by atoms with van der Waals surface area (Å²) in [7, 11) is 0. The number of hydrogen-bond donors (Lipinski definition) is 1. The molecule has 1 heterocycles. The van der Waals surface area contributed by atoms with Crippen molar-refractivity contribution in [3.05, 3.63) is 0 Å². The first-order valence-corrected chi connectivity index (χ1v) is 4.78. The average Bonchev–Trinajstić information content (AvgIpc) is 2.04. The lowest BCUT2D eigenvalue weighted by Gasteiger charge is -2.31. The maximum atomic E-state index is 10.4. The minimum atomic E-state index is -0.775. The van der Waals surface area contributed by atoms with E-state index in [1.54, 1.807) is 0 Å². The molecule has 0 radical (unpaired) electrons. The Bertz CT molecular complexity index is 170. The third-order valence-corrected chi connectivity index (χ3v) is 2.17. The van der Waals surface area contributed by atoms with E-state index in [4.69, 9.17) is 9.84 Å². The summed E-state index contributed by atoms with van der Waals surface area (Å²) < 4.78 is 5.34. The van der Waals surface area contributed by atoms with Gasteiger partial charge in [-0.1, -0.05) is 6.92 Å². The summed E-state index contributed by atoms with van der Waals surface area (Å²) >= 11 is 0. The first kappa shape index (κ1) is 10.5. The Morgan fingerprint density at radius 2 is 2.46 bits per heavy atom. The molecule has 1 saturated heterocycles. The van der Waals surface area contributed by atoms with E-state index in [2.05, 4.69) is 11.8 Å². The van der Waals surface area contributed by atoms with Crippen LogP contribution in [-0.4, -0.2) is 48.3 Å². The number of morpholine rings is 1. The van der Waals surface area contributed by atoms with E-state index in [0.717, 1.165) is 26.1 Å². The standard InChI is InChI=1S/C9H17NO3/c1-2-3-10-4-5-13-8(7-10)6-9(11)12/h8H,2-7H2,1H3,(H,11,12). The highest BCUT2D eigenvalue weighted by Crippen LogP contribution is 2.08. The summed E-state index contributed by atoms with van der Waals surface area (Å²) in [6.07, 6.45) is 1.12. The monoisotopic (exact) mass is 187 g/mol. The van der Waals surface area contributed by atoms with Crippen molar-refractivity contribution in [2.45, 2.75) is 25.9 Å². The minimum Gasteiger partial charge on any atom is -0.481 e. The van der Waals surface area contributed by atoms with Crippen molar-refractivity contribution in [2.24, 2.45) is 0 Å². The highest BCUT2D eigenvalue weighted by Gasteiger charge is 2.21. The van der Waals surface area contributed by atoms with Gasteiger partial charge in [0.1, 0.15) is 0 Å². The second-order valence-electron chi connectivity index (χ2n) is 3.39. The zero-order valence-electron chi connectivity index (χ0n) is 8.03. The highest BCUT2D eigenvalue weighted by molar-refractivity contribution is 5.67. The van der Waals surface area contributed by atoms with Gasteiger partial charge in [0.15, 0.2) is 0 Å². The summed E-state index contributed by atoms with van der Waals surface area (Å²) in [5.74, 6) is -0.775. The number of carboxylic acid groups (broad SMARTS) is 1. The first-order chi connectivity index (χ1) is 6.22. The Morgan fingerprint density at radius 3 is 3.08 bits per heavy atom. The van der Waals surface area contributed by atoms with Crippen molar-refractivity contribution in [2.75, 3.05) is 26.2 Å². The number of nitrogens with zero attached hydrogens (tertiary/aromatic N) is 1. The van der Waals surface area contributed by atoms with Gasteiger partial charge in [-0.15, -0.1) is 0 Å². The maximum Gasteiger partial charge on any atom is 0.306 e. The molecule has 1 N–H and O–H groups in total. The molecule has 4 nitrogen and oxygen atoms in total. The van der Waals surface area contributed by atoms with Crippen LogP contribution >= 0.6 is 0 Å². The fraction of sp³-hybridized carbons (Fsp3) is 0.889. The quantitative estimate of drug-likeness (QED) is 0.699. The molecule has 0 saturated carbocycles. The number of aliphatic carboxylic acids is 1. The van der Waals surface area contributed by atoms with Crippen molar-refractivity contribution in [3.8, 4) is 0 Å². The Labute approximate surface area is 78.5 Å². The Balaban J connectivity index is 2.28. The van der Waals surface area contributed by atoms with Crippen LogP contribution < -0.4 is 0 Å². The van der Waals surface area contributed by atoms with Crippen LogP contribution in [0.1, 0.15) is 19.8 Å². The van der Waals surface area contributed by atoms with Gasteiger partial charge in [0.2, 0.25) is 0 Å². The molecule has 1 aliphatic rings. The minimum absolute atomic E-state index is 0.113. The van der Waals surface area contributed by atoms with Crippen LogP contribution in [0.25, 0.3) is 0 Å². The first-order valence-electron chi connectivity index (χ1n) is 4.78. The molecular formula is C9H17NO3. The lowest BCUT2D eigenvalue weighted by molar-refractivity contribution is -0.142. The Morgan fingerprint density at radius 1 is 1.69 bits per heavy atom. The zero-order chi connectivity index (χ0) is 9.68. The smallest absolute Gasteiger partial charge is 0.306 e. The van der Waals surface area contributed by atoms with Crippen molar-refractivity contribution < 1.29 is 14.6 Å². The summed E-state index contributed by atoms with van der Waals surface area (Å²) in [5, 5.41) is 8.58. The summed E-state index contributed by atoms with van der Waals surface area (Å²) in [4.78, 5) is 12.7. The van der Waals surface area contributed by atoms with Crippen LogP contribution in [0.2, 0.25) is 0 Å². The van der Waals surface area contributed by atoms with Crippen molar-refractivity contribution in [1.29, 1.82) is 0 Å². The molecule has 0 aromatic carbocycles. The lowest BCUT2D eigenvalue weighted by Crippen LogP contribution is -2.43. The van der Waals surface area contributed by atoms with Crippen LogP contribution in [0, 0.1) is 0 Å². The van der Waals surface area contributed by atoms with Gasteiger partial charge in [-0.2, -0.15) is 0 Å². The molecule has 0 aliphatic carbocycles. The predicted octanol–water partition coefficient (Wildman–Crippen LogP) is 0.572. The van der Waals surface area contributed by atoms with E-state index >= 15 is 0 Å². The van der Waals surface area contributed by atoms with Gasteiger partial charge in [-0.05, 0) is 13.0 Å². The molecule has 0 amide bonds. The summed E-state index contributed by atoms with van der Waals surface area (Å²) in [6, 6.07) is 0. The van der Waals surface area contributed by atoms with E-state index in [9.17, 15) is 4.79 Å². The molecular weight excluding hydrogens is 170 g/mol. The van der Waals surface area contributed by atoms with Gasteiger partial charge in [-0.3, -0.25) is 9.69 Å². The van der Waals surface area contributed by atoms with Crippen molar-refractivity contribution in [1.82, 2.24) is 4.90 Å². The molecule has 13 heavy (non-hydrogen) atoms. The summed E-state index contributed by atoms with van der Waals surface area (Å²) in [5.41, 5.74) is 0. The van der Waals surface area contributed by atoms with E-state index in [1.807, 2.05) is 0 Å². The molecule has 0 aromatic rings. The maximum absolute atomic E-state index is 10.4. The molecule has 1 fully saturated rings. The fourth-order valence-electron chi connectivity index (χ4n) is 1.62. The van der Waals surface area contributed by atoms with Gasteiger partial charge in [0, 0.05) is 13.1 Å². The van der Waals surface area contributed by atoms with Gasteiger partial charge in [-0.25, -0.2) is 0 Å². The lowest BCUT2D eigenvalue weighted by atomic mass is 10.2. The average molecular weight is 187 g/mol. The molecule has 0 aromatic heterocycles. The molecule has 0 bridgehead atoms. The third-order valence-electron chi connectivity index (χ3n) is 2.17. The van der Waals surface area contributed by atoms with Gasteiger partial charge < -0.3 is 9.84 Å². The molecule has 1 aliphatic heterocycles. The summed E-state index contributed by atoms with van der Waals surface area (Å²) in [6.45, 7) is 5.53. The molecule has 1 rings (SSSR count). The number of rotatable bonds is 4. The van der Waals surface area contributed by atoms with E-state index in [0.29, 0.717) is 6.61 Å². The number of ether oxygens (including phenoxy) is 1. The normalized spacial score (nSPS) is 24.5. The third kappa shape index (κ3) is 3.74. The SMILES string of the molecule is CCCN1CCOC(CC(=O)O)C1. The molecule has 1 atom stereocenters. The Kier molecular flexibility index (Phi) is 4.18. The van der Waals surface area contributed by atoms with Gasteiger partial charge in [0.25, 0.3) is 0 Å². The molecule has 1 unspecified atom stereocenters. The van der Waals surface area contributed by atoms with Crippen molar-refractivity contribution >= 4 is 5.97 Å². The molecule has 4 heteroatoms. The number of hydrogen-bond acceptors (Lipinski definition) is 3. The largest absolute Gasteiger partial charge is 0.481 e. The van der Waals surface area contributed by atoms with Crippen LogP contribution in [-0.2, 0) is 9.53 Å². The highest BCUT2D eigenvalue weighted by atomic mass is 16.5. The van der Waals surface area contributed by atoms with Crippen molar-refractivity contribution in [3.63, 3.8) is 0 Å². The number of carbonyl (C=O) groups is 1. The van der Waals surface area contributed by atoms with Crippen LogP contribution in [0.5, 0.6) is 0 Å². The number of carboxylic acids is 1. The zero-order valence-corrected chi connectivity index (χ0v) is 8.03. The van der Waals surface area contributed by atoms with Gasteiger partial charge in [0.05, 0.1) is 19.1 Å². The Hall–Kier alpha value is -0.610.